The Morgan fingerprint density at radius 2 is 1.88 bits per heavy atom. The van der Waals surface area contributed by atoms with Gasteiger partial charge in [-0.2, -0.15) is 0 Å². The molecule has 1 unspecified atom stereocenters. The Labute approximate surface area is 101 Å². The van der Waals surface area contributed by atoms with Crippen molar-refractivity contribution in [2.45, 2.75) is 33.2 Å². The number of carbonyl (C=O) groups excluding carboxylic acids is 1. The minimum Gasteiger partial charge on any atom is -0.374 e. The second-order valence-electron chi connectivity index (χ2n) is 5.37. The van der Waals surface area contributed by atoms with Crippen LogP contribution in [0.4, 0.5) is 10.1 Å². The summed E-state index contributed by atoms with van der Waals surface area (Å²) < 4.78 is 12.7. The van der Waals surface area contributed by atoms with Crippen molar-refractivity contribution >= 4 is 11.6 Å². The van der Waals surface area contributed by atoms with Gasteiger partial charge in [0.05, 0.1) is 0 Å². The third-order valence-corrected chi connectivity index (χ3v) is 2.35. The molecule has 4 heteroatoms. The molecular weight excluding hydrogens is 219 g/mol. The molecule has 0 bridgehead atoms. The molecule has 94 valence electrons. The molecule has 1 amide bonds. The maximum atomic E-state index is 12.7. The molecule has 17 heavy (non-hydrogen) atoms. The number of anilines is 1. The number of primary amides is 1. The van der Waals surface area contributed by atoms with Crippen LogP contribution in [0.5, 0.6) is 0 Å². The molecule has 0 radical (unpaired) electrons. The first-order chi connectivity index (χ1) is 7.78. The summed E-state index contributed by atoms with van der Waals surface area (Å²) in [5.41, 5.74) is 6.03. The minimum atomic E-state index is -0.444. The molecule has 1 aromatic carbocycles. The fourth-order valence-corrected chi connectivity index (χ4v) is 1.58. The van der Waals surface area contributed by atoms with E-state index in [9.17, 15) is 9.18 Å². The number of nitrogens with one attached hydrogen (secondary N) is 1. The Morgan fingerprint density at radius 1 is 1.35 bits per heavy atom. The SMILES string of the molecule is CC(C)(C)CC(Nc1ccc(F)cc1)C(N)=O. The van der Waals surface area contributed by atoms with E-state index in [0.717, 1.165) is 0 Å². The highest BCUT2D eigenvalue weighted by molar-refractivity contribution is 5.82. The number of benzene rings is 1. The number of rotatable bonds is 4. The van der Waals surface area contributed by atoms with Gasteiger partial charge in [-0.25, -0.2) is 4.39 Å². The predicted octanol–water partition coefficient (Wildman–Crippen LogP) is 2.53. The minimum absolute atomic E-state index is 0.00722. The highest BCUT2D eigenvalue weighted by Gasteiger charge is 2.22. The van der Waals surface area contributed by atoms with Gasteiger partial charge >= 0.3 is 0 Å². The second kappa shape index (κ2) is 5.17. The molecular formula is C13H19FN2O. The molecule has 1 atom stereocenters. The Balaban J connectivity index is 2.73. The van der Waals surface area contributed by atoms with Crippen LogP contribution in [0.1, 0.15) is 27.2 Å². The molecule has 1 rings (SSSR count). The summed E-state index contributed by atoms with van der Waals surface area (Å²) in [7, 11) is 0. The van der Waals surface area contributed by atoms with Gasteiger partial charge in [0.25, 0.3) is 0 Å². The van der Waals surface area contributed by atoms with E-state index in [0.29, 0.717) is 12.1 Å². The van der Waals surface area contributed by atoms with E-state index in [1.54, 1.807) is 12.1 Å². The van der Waals surface area contributed by atoms with Crippen LogP contribution in [0.25, 0.3) is 0 Å². The van der Waals surface area contributed by atoms with Crippen molar-refractivity contribution in [1.82, 2.24) is 0 Å². The number of carbonyl (C=O) groups is 1. The van der Waals surface area contributed by atoms with Crippen LogP contribution in [-0.4, -0.2) is 11.9 Å². The molecule has 0 aliphatic carbocycles. The molecule has 0 aliphatic rings. The predicted molar refractivity (Wildman–Crippen MR) is 67.1 cm³/mol. The van der Waals surface area contributed by atoms with E-state index in [4.69, 9.17) is 5.73 Å². The second-order valence-corrected chi connectivity index (χ2v) is 5.37. The van der Waals surface area contributed by atoms with Crippen LogP contribution in [0, 0.1) is 11.2 Å². The van der Waals surface area contributed by atoms with Gasteiger partial charge in [0.1, 0.15) is 11.9 Å². The first kappa shape index (κ1) is 13.5. The van der Waals surface area contributed by atoms with E-state index >= 15 is 0 Å². The summed E-state index contributed by atoms with van der Waals surface area (Å²) in [6.45, 7) is 6.11. The molecule has 0 aromatic heterocycles. The Kier molecular flexibility index (Phi) is 4.10. The lowest BCUT2D eigenvalue weighted by Crippen LogP contribution is -2.38. The van der Waals surface area contributed by atoms with Crippen LogP contribution >= 0.6 is 0 Å². The third-order valence-electron chi connectivity index (χ3n) is 2.35. The number of amides is 1. The molecule has 0 spiro atoms. The van der Waals surface area contributed by atoms with Crippen molar-refractivity contribution < 1.29 is 9.18 Å². The first-order valence-electron chi connectivity index (χ1n) is 5.59. The van der Waals surface area contributed by atoms with Crippen LogP contribution < -0.4 is 11.1 Å². The van der Waals surface area contributed by atoms with Crippen molar-refractivity contribution in [3.05, 3.63) is 30.1 Å². The highest BCUT2D eigenvalue weighted by atomic mass is 19.1. The van der Waals surface area contributed by atoms with Crippen LogP contribution in [0.3, 0.4) is 0 Å². The van der Waals surface area contributed by atoms with E-state index in [-0.39, 0.29) is 11.2 Å². The molecule has 0 fully saturated rings. The van der Waals surface area contributed by atoms with Gasteiger partial charge < -0.3 is 11.1 Å². The summed E-state index contributed by atoms with van der Waals surface area (Å²) in [5.74, 6) is -0.703. The zero-order valence-corrected chi connectivity index (χ0v) is 10.5. The Morgan fingerprint density at radius 3 is 2.29 bits per heavy atom. The largest absolute Gasteiger partial charge is 0.374 e. The smallest absolute Gasteiger partial charge is 0.239 e. The van der Waals surface area contributed by atoms with Gasteiger partial charge in [0.15, 0.2) is 0 Å². The summed E-state index contributed by atoms with van der Waals surface area (Å²) in [5, 5.41) is 3.02. The van der Waals surface area contributed by atoms with E-state index in [1.165, 1.54) is 12.1 Å². The van der Waals surface area contributed by atoms with E-state index in [1.807, 2.05) is 20.8 Å². The molecule has 0 heterocycles. The summed E-state index contributed by atoms with van der Waals surface area (Å²) in [6.07, 6.45) is 0.625. The summed E-state index contributed by atoms with van der Waals surface area (Å²) in [4.78, 5) is 11.3. The van der Waals surface area contributed by atoms with Crippen LogP contribution in [-0.2, 0) is 4.79 Å². The van der Waals surface area contributed by atoms with Crippen LogP contribution in [0.2, 0.25) is 0 Å². The monoisotopic (exact) mass is 238 g/mol. The lowest BCUT2D eigenvalue weighted by atomic mass is 9.88. The molecule has 0 saturated carbocycles. The topological polar surface area (TPSA) is 55.1 Å². The van der Waals surface area contributed by atoms with Crippen molar-refractivity contribution in [3.8, 4) is 0 Å². The highest BCUT2D eigenvalue weighted by Crippen LogP contribution is 2.23. The standard InChI is InChI=1S/C13H19FN2O/c1-13(2,3)8-11(12(15)17)16-10-6-4-9(14)5-7-10/h4-7,11,16H,8H2,1-3H3,(H2,15,17). The molecule has 3 N–H and O–H groups in total. The maximum Gasteiger partial charge on any atom is 0.239 e. The van der Waals surface area contributed by atoms with E-state index in [2.05, 4.69) is 5.32 Å². The number of hydrogen-bond donors (Lipinski definition) is 2. The van der Waals surface area contributed by atoms with Gasteiger partial charge in [-0.15, -0.1) is 0 Å². The molecule has 0 aliphatic heterocycles. The number of halogens is 1. The van der Waals surface area contributed by atoms with Gasteiger partial charge in [0.2, 0.25) is 5.91 Å². The van der Waals surface area contributed by atoms with Crippen LogP contribution in [0.15, 0.2) is 24.3 Å². The average Bonchev–Trinajstić information content (AvgIpc) is 2.18. The maximum absolute atomic E-state index is 12.7. The van der Waals surface area contributed by atoms with Gasteiger partial charge in [-0.3, -0.25) is 4.79 Å². The van der Waals surface area contributed by atoms with Crippen molar-refractivity contribution in [2.24, 2.45) is 11.1 Å². The third kappa shape index (κ3) is 4.85. The van der Waals surface area contributed by atoms with Gasteiger partial charge in [-0.1, -0.05) is 20.8 Å². The van der Waals surface area contributed by atoms with Crippen molar-refractivity contribution in [2.75, 3.05) is 5.32 Å². The zero-order chi connectivity index (χ0) is 13.1. The lowest BCUT2D eigenvalue weighted by molar-refractivity contribution is -0.119. The first-order valence-corrected chi connectivity index (χ1v) is 5.59. The fraction of sp³-hybridized carbons (Fsp3) is 0.462. The Hall–Kier alpha value is -1.58. The quantitative estimate of drug-likeness (QED) is 0.846. The summed E-state index contributed by atoms with van der Waals surface area (Å²) in [6, 6.07) is 5.43. The van der Waals surface area contributed by atoms with Crippen molar-refractivity contribution in [1.29, 1.82) is 0 Å². The lowest BCUT2D eigenvalue weighted by Gasteiger charge is -2.25. The zero-order valence-electron chi connectivity index (χ0n) is 10.5. The van der Waals surface area contributed by atoms with Crippen molar-refractivity contribution in [3.63, 3.8) is 0 Å². The molecule has 1 aromatic rings. The summed E-state index contributed by atoms with van der Waals surface area (Å²) >= 11 is 0. The van der Waals surface area contributed by atoms with Gasteiger partial charge in [0, 0.05) is 5.69 Å². The Bertz CT molecular complexity index is 381. The van der Waals surface area contributed by atoms with E-state index < -0.39 is 11.9 Å². The average molecular weight is 238 g/mol. The normalized spacial score (nSPS) is 13.2. The molecule has 0 saturated heterocycles. The fourth-order valence-electron chi connectivity index (χ4n) is 1.58. The number of nitrogens with two attached hydrogens (primary N) is 1. The molecule has 3 nitrogen and oxygen atoms in total. The number of hydrogen-bond acceptors (Lipinski definition) is 2. The van der Waals surface area contributed by atoms with Gasteiger partial charge in [-0.05, 0) is 36.1 Å².